The zero-order valence-corrected chi connectivity index (χ0v) is 18.0. The van der Waals surface area contributed by atoms with E-state index in [9.17, 15) is 14.4 Å². The first-order chi connectivity index (χ1) is 14.4. The third kappa shape index (κ3) is 3.42. The van der Waals surface area contributed by atoms with Crippen molar-refractivity contribution < 1.29 is 23.9 Å². The van der Waals surface area contributed by atoms with Crippen molar-refractivity contribution in [1.29, 1.82) is 0 Å². The van der Waals surface area contributed by atoms with E-state index >= 15 is 0 Å². The van der Waals surface area contributed by atoms with Gasteiger partial charge in [-0.1, -0.05) is 52.3 Å². The Morgan fingerprint density at radius 1 is 1.17 bits per heavy atom. The van der Waals surface area contributed by atoms with Crippen LogP contribution in [0.3, 0.4) is 0 Å². The molecular weight excluding hydrogens is 452 g/mol. The summed E-state index contributed by atoms with van der Waals surface area (Å²) in [7, 11) is 1.47. The third-order valence-electron chi connectivity index (χ3n) is 5.17. The number of methoxy groups -OCH3 is 1. The molecule has 1 fully saturated rings. The first kappa shape index (κ1) is 20.3. The number of nitrogens with zero attached hydrogens (tertiary/aromatic N) is 2. The largest absolute Gasteiger partial charge is 0.446 e. The molecule has 2 aromatic carbocycles. The lowest BCUT2D eigenvalue weighted by molar-refractivity contribution is -0.124. The summed E-state index contributed by atoms with van der Waals surface area (Å²) in [4.78, 5) is 40.4. The zero-order chi connectivity index (χ0) is 21.4. The lowest BCUT2D eigenvalue weighted by Gasteiger charge is -2.24. The van der Waals surface area contributed by atoms with Crippen LogP contribution in [0.5, 0.6) is 0 Å². The molecule has 2 aliphatic rings. The molecule has 154 valence electrons. The SMILES string of the molecule is COC1/C(=C/C(=O)N2C(=O)OC[C@H]2c2ccccc2)c2ccc(Br)cc2N1C(C)=O. The molecule has 0 aliphatic carbocycles. The number of carbonyl (C=O) groups excluding carboxylic acids is 3. The van der Waals surface area contributed by atoms with Gasteiger partial charge in [0.05, 0.1) is 5.69 Å². The van der Waals surface area contributed by atoms with E-state index in [2.05, 4.69) is 15.9 Å². The number of fused-ring (bicyclic) bond motifs is 1. The Morgan fingerprint density at radius 3 is 2.57 bits per heavy atom. The highest BCUT2D eigenvalue weighted by Crippen LogP contribution is 2.42. The summed E-state index contributed by atoms with van der Waals surface area (Å²) in [5, 5.41) is 0. The molecule has 2 atom stereocenters. The van der Waals surface area contributed by atoms with Crippen LogP contribution in [0.25, 0.3) is 5.57 Å². The van der Waals surface area contributed by atoms with Crippen LogP contribution in [-0.4, -0.2) is 42.8 Å². The normalized spacial score (nSPS) is 21.7. The Balaban J connectivity index is 1.75. The first-order valence-electron chi connectivity index (χ1n) is 9.31. The van der Waals surface area contributed by atoms with Gasteiger partial charge in [0.2, 0.25) is 5.91 Å². The molecule has 3 amide bonds. The molecule has 2 aliphatic heterocycles. The van der Waals surface area contributed by atoms with Crippen LogP contribution in [-0.2, 0) is 19.1 Å². The fraction of sp³-hybridized carbons (Fsp3) is 0.227. The summed E-state index contributed by atoms with van der Waals surface area (Å²) in [6, 6.07) is 14.2. The summed E-state index contributed by atoms with van der Waals surface area (Å²) in [5.41, 5.74) is 2.63. The lowest BCUT2D eigenvalue weighted by Crippen LogP contribution is -2.38. The second kappa shape index (κ2) is 8.04. The van der Waals surface area contributed by atoms with Crippen molar-refractivity contribution >= 4 is 45.1 Å². The van der Waals surface area contributed by atoms with Gasteiger partial charge >= 0.3 is 6.09 Å². The number of hydrogen-bond donors (Lipinski definition) is 0. The average Bonchev–Trinajstić information content (AvgIpc) is 3.26. The predicted molar refractivity (Wildman–Crippen MR) is 113 cm³/mol. The molecule has 0 spiro atoms. The highest BCUT2D eigenvalue weighted by molar-refractivity contribution is 9.10. The lowest BCUT2D eigenvalue weighted by atomic mass is 10.0. The maximum Gasteiger partial charge on any atom is 0.417 e. The number of hydrogen-bond acceptors (Lipinski definition) is 5. The van der Waals surface area contributed by atoms with Gasteiger partial charge in [0.15, 0.2) is 6.23 Å². The summed E-state index contributed by atoms with van der Waals surface area (Å²) in [6.45, 7) is 1.53. The van der Waals surface area contributed by atoms with E-state index in [4.69, 9.17) is 9.47 Å². The topological polar surface area (TPSA) is 76.2 Å². The Hall–Kier alpha value is -2.97. The standard InChI is InChI=1S/C22H19BrN2O5/c1-13(26)24-18-10-15(23)8-9-16(18)17(21(24)29-2)11-20(27)25-19(12-30-22(25)28)14-6-4-3-5-7-14/h3-11,19,21H,12H2,1-2H3/b17-11+/t19-,21?/m0/s1. The fourth-order valence-corrected chi connectivity index (χ4v) is 4.20. The summed E-state index contributed by atoms with van der Waals surface area (Å²) in [5.74, 6) is -0.748. The second-order valence-corrected chi connectivity index (χ2v) is 7.87. The van der Waals surface area contributed by atoms with E-state index in [1.165, 1.54) is 25.0 Å². The van der Waals surface area contributed by atoms with E-state index in [1.807, 2.05) is 42.5 Å². The molecule has 0 aromatic heterocycles. The van der Waals surface area contributed by atoms with E-state index in [1.54, 1.807) is 6.07 Å². The highest BCUT2D eigenvalue weighted by Gasteiger charge is 2.41. The molecule has 4 rings (SSSR count). The number of carbonyl (C=O) groups is 3. The van der Waals surface area contributed by atoms with Crippen LogP contribution in [0.1, 0.15) is 24.1 Å². The number of rotatable bonds is 3. The van der Waals surface area contributed by atoms with Gasteiger partial charge in [-0.05, 0) is 17.7 Å². The predicted octanol–water partition coefficient (Wildman–Crippen LogP) is 3.89. The maximum absolute atomic E-state index is 13.2. The maximum atomic E-state index is 13.2. The van der Waals surface area contributed by atoms with E-state index in [0.717, 1.165) is 14.9 Å². The van der Waals surface area contributed by atoms with Gasteiger partial charge in [-0.2, -0.15) is 0 Å². The van der Waals surface area contributed by atoms with Crippen molar-refractivity contribution in [3.8, 4) is 0 Å². The summed E-state index contributed by atoms with van der Waals surface area (Å²) < 4.78 is 11.5. The van der Waals surface area contributed by atoms with E-state index in [0.29, 0.717) is 16.8 Å². The highest BCUT2D eigenvalue weighted by atomic mass is 79.9. The molecule has 7 nitrogen and oxygen atoms in total. The van der Waals surface area contributed by atoms with Crippen LogP contribution in [0.4, 0.5) is 10.5 Å². The molecule has 1 saturated heterocycles. The minimum Gasteiger partial charge on any atom is -0.446 e. The Morgan fingerprint density at radius 2 is 1.90 bits per heavy atom. The monoisotopic (exact) mass is 470 g/mol. The second-order valence-electron chi connectivity index (χ2n) is 6.95. The molecular formula is C22H19BrN2O5. The quantitative estimate of drug-likeness (QED) is 0.635. The molecule has 30 heavy (non-hydrogen) atoms. The number of anilines is 1. The minimum atomic E-state index is -0.774. The van der Waals surface area contributed by atoms with Crippen molar-refractivity contribution in [3.63, 3.8) is 0 Å². The Kier molecular flexibility index (Phi) is 5.44. The van der Waals surface area contributed by atoms with Crippen molar-refractivity contribution in [2.24, 2.45) is 0 Å². The summed E-state index contributed by atoms with van der Waals surface area (Å²) in [6.07, 6.45) is -0.117. The fourth-order valence-electron chi connectivity index (χ4n) is 3.85. The number of amides is 3. The molecule has 0 saturated carbocycles. The molecule has 2 aromatic rings. The van der Waals surface area contributed by atoms with Gasteiger partial charge in [0.1, 0.15) is 12.6 Å². The van der Waals surface area contributed by atoms with E-state index < -0.39 is 24.3 Å². The van der Waals surface area contributed by atoms with Gasteiger partial charge < -0.3 is 9.47 Å². The van der Waals surface area contributed by atoms with E-state index in [-0.39, 0.29) is 12.5 Å². The van der Waals surface area contributed by atoms with Crippen LogP contribution in [0.2, 0.25) is 0 Å². The van der Waals surface area contributed by atoms with Crippen molar-refractivity contribution in [2.75, 3.05) is 18.6 Å². The molecule has 8 heteroatoms. The number of benzene rings is 2. The Labute approximate surface area is 182 Å². The van der Waals surface area contributed by atoms with Crippen LogP contribution < -0.4 is 4.90 Å². The van der Waals surface area contributed by atoms with Crippen LogP contribution >= 0.6 is 15.9 Å². The summed E-state index contributed by atoms with van der Waals surface area (Å²) >= 11 is 3.42. The zero-order valence-electron chi connectivity index (χ0n) is 16.4. The molecule has 0 radical (unpaired) electrons. The first-order valence-corrected chi connectivity index (χ1v) is 10.1. The van der Waals surface area contributed by atoms with Crippen LogP contribution in [0, 0.1) is 0 Å². The van der Waals surface area contributed by atoms with Crippen molar-refractivity contribution in [3.05, 3.63) is 70.2 Å². The van der Waals surface area contributed by atoms with Gasteiger partial charge in [0, 0.05) is 35.7 Å². The van der Waals surface area contributed by atoms with Gasteiger partial charge in [0.25, 0.3) is 5.91 Å². The number of ether oxygens (including phenoxy) is 2. The van der Waals surface area contributed by atoms with Crippen LogP contribution in [0.15, 0.2) is 59.1 Å². The number of cyclic esters (lactones) is 1. The van der Waals surface area contributed by atoms with Crippen molar-refractivity contribution in [1.82, 2.24) is 4.90 Å². The molecule has 2 heterocycles. The molecule has 0 N–H and O–H groups in total. The minimum absolute atomic E-state index is 0.0918. The third-order valence-corrected chi connectivity index (χ3v) is 5.66. The average molecular weight is 471 g/mol. The smallest absolute Gasteiger partial charge is 0.417 e. The van der Waals surface area contributed by atoms with Gasteiger partial charge in [-0.25, -0.2) is 9.69 Å². The van der Waals surface area contributed by atoms with Crippen molar-refractivity contribution in [2.45, 2.75) is 19.2 Å². The van der Waals surface area contributed by atoms with Gasteiger partial charge in [-0.3, -0.25) is 14.5 Å². The molecule has 0 bridgehead atoms. The number of halogens is 1. The Bertz CT molecular complexity index is 1050. The van der Waals surface area contributed by atoms with Gasteiger partial charge in [-0.15, -0.1) is 0 Å². The molecule has 1 unspecified atom stereocenters. The number of imide groups is 1.